The molecule has 0 aliphatic heterocycles. The molecule has 0 bridgehead atoms. The van der Waals surface area contributed by atoms with Crippen molar-refractivity contribution in [3.05, 3.63) is 67.1 Å². The van der Waals surface area contributed by atoms with E-state index in [2.05, 4.69) is 25.1 Å². The predicted molar refractivity (Wildman–Crippen MR) is 99.7 cm³/mol. The summed E-state index contributed by atoms with van der Waals surface area (Å²) in [5.74, 6) is 0.230. The van der Waals surface area contributed by atoms with Crippen LogP contribution >= 0.6 is 0 Å². The van der Waals surface area contributed by atoms with Gasteiger partial charge >= 0.3 is 6.36 Å². The average molecular weight is 401 g/mol. The number of halogens is 3. The van der Waals surface area contributed by atoms with Crippen LogP contribution in [-0.4, -0.2) is 32.7 Å². The third-order valence-electron chi connectivity index (χ3n) is 3.66. The molecule has 7 nitrogen and oxygen atoms in total. The van der Waals surface area contributed by atoms with Gasteiger partial charge in [0, 0.05) is 42.0 Å². The second kappa shape index (κ2) is 8.38. The number of hydrogen-bond acceptors (Lipinski definition) is 6. The van der Waals surface area contributed by atoms with E-state index in [9.17, 15) is 13.2 Å². The number of aromatic nitrogens is 4. The lowest BCUT2D eigenvalue weighted by Crippen LogP contribution is -2.17. The lowest BCUT2D eigenvalue weighted by molar-refractivity contribution is -0.274. The van der Waals surface area contributed by atoms with Crippen molar-refractivity contribution in [3.63, 3.8) is 0 Å². The van der Waals surface area contributed by atoms with Crippen LogP contribution in [-0.2, 0) is 4.79 Å². The van der Waals surface area contributed by atoms with Crippen LogP contribution < -0.4 is 10.1 Å². The van der Waals surface area contributed by atoms with Crippen LogP contribution in [0.2, 0.25) is 0 Å². The van der Waals surface area contributed by atoms with Crippen LogP contribution in [0.15, 0.2) is 67.1 Å². The number of ether oxygens (including phenoxy) is 1. The number of anilines is 2. The summed E-state index contributed by atoms with van der Waals surface area (Å²) in [5, 5.41) is 7.54. The van der Waals surface area contributed by atoms with Crippen LogP contribution in [0.3, 0.4) is 0 Å². The summed E-state index contributed by atoms with van der Waals surface area (Å²) in [5.41, 5.74) is 2.51. The van der Waals surface area contributed by atoms with Gasteiger partial charge in [-0.3, -0.25) is 4.98 Å². The van der Waals surface area contributed by atoms with Gasteiger partial charge in [-0.1, -0.05) is 6.07 Å². The number of alkyl halides is 3. The van der Waals surface area contributed by atoms with Crippen molar-refractivity contribution in [1.29, 1.82) is 0 Å². The molecule has 1 N–H and O–H groups in total. The van der Waals surface area contributed by atoms with Crippen molar-refractivity contribution in [1.82, 2.24) is 19.6 Å². The van der Waals surface area contributed by atoms with Crippen molar-refractivity contribution in [2.45, 2.75) is 6.36 Å². The summed E-state index contributed by atoms with van der Waals surface area (Å²) in [6.45, 7) is 2.00. The highest BCUT2D eigenvalue weighted by atomic mass is 19.4. The molecule has 3 aromatic heterocycles. The number of benzene rings is 1. The van der Waals surface area contributed by atoms with Gasteiger partial charge < -0.3 is 14.8 Å². The minimum absolute atomic E-state index is 0.311. The van der Waals surface area contributed by atoms with E-state index in [1.807, 2.05) is 12.9 Å². The molecule has 0 saturated heterocycles. The summed E-state index contributed by atoms with van der Waals surface area (Å²) in [6, 6.07) is 12.7. The molecule has 0 spiro atoms. The second-order valence-corrected chi connectivity index (χ2v) is 5.57. The first kappa shape index (κ1) is 19.8. The standard InChI is InChI=1S/C18H12F3N5O.CH2O/c19-18(20,21)27-14-5-1-4-13(9-14)24-16-6-8-23-17-10-15(25-26(16)17)12-3-2-7-22-11-12;1-2/h1-11,24H;1H2. The van der Waals surface area contributed by atoms with Crippen LogP contribution in [0.4, 0.5) is 24.7 Å². The molecule has 0 radical (unpaired) electrons. The number of nitrogens with zero attached hydrogens (tertiary/aromatic N) is 4. The van der Waals surface area contributed by atoms with Crippen molar-refractivity contribution >= 4 is 23.9 Å². The van der Waals surface area contributed by atoms with Gasteiger partial charge in [0.15, 0.2) is 5.65 Å². The van der Waals surface area contributed by atoms with Crippen molar-refractivity contribution in [2.24, 2.45) is 0 Å². The zero-order valence-electron chi connectivity index (χ0n) is 14.8. The van der Waals surface area contributed by atoms with Crippen molar-refractivity contribution < 1.29 is 22.7 Å². The maximum Gasteiger partial charge on any atom is 0.573 e. The zero-order valence-corrected chi connectivity index (χ0v) is 14.8. The van der Waals surface area contributed by atoms with Crippen LogP contribution in [0, 0.1) is 0 Å². The minimum atomic E-state index is -4.75. The molecule has 29 heavy (non-hydrogen) atoms. The smallest absolute Gasteiger partial charge is 0.406 e. The Bertz CT molecular complexity index is 1100. The Kier molecular flexibility index (Phi) is 5.72. The van der Waals surface area contributed by atoms with E-state index < -0.39 is 6.36 Å². The Morgan fingerprint density at radius 2 is 1.86 bits per heavy atom. The van der Waals surface area contributed by atoms with Crippen LogP contribution in [0.1, 0.15) is 0 Å². The molecule has 0 atom stereocenters. The number of fused-ring (bicyclic) bond motifs is 1. The van der Waals surface area contributed by atoms with E-state index >= 15 is 0 Å². The first-order valence-electron chi connectivity index (χ1n) is 8.15. The fourth-order valence-corrected chi connectivity index (χ4v) is 2.56. The van der Waals surface area contributed by atoms with Crippen LogP contribution in [0.5, 0.6) is 5.75 Å². The van der Waals surface area contributed by atoms with Gasteiger partial charge in [-0.25, -0.2) is 4.98 Å². The highest BCUT2D eigenvalue weighted by molar-refractivity contribution is 5.66. The van der Waals surface area contributed by atoms with Crippen molar-refractivity contribution in [2.75, 3.05) is 5.32 Å². The number of rotatable bonds is 4. The summed E-state index contributed by atoms with van der Waals surface area (Å²) in [7, 11) is 0. The van der Waals surface area contributed by atoms with Gasteiger partial charge in [0.1, 0.15) is 18.4 Å². The fourth-order valence-electron chi connectivity index (χ4n) is 2.56. The summed E-state index contributed by atoms with van der Waals surface area (Å²) >= 11 is 0. The molecule has 0 fully saturated rings. The summed E-state index contributed by atoms with van der Waals surface area (Å²) < 4.78 is 42.7. The third-order valence-corrected chi connectivity index (χ3v) is 3.66. The molecule has 4 aromatic rings. The summed E-state index contributed by atoms with van der Waals surface area (Å²) in [6.07, 6.45) is 0.193. The normalized spacial score (nSPS) is 10.9. The van der Waals surface area contributed by atoms with Gasteiger partial charge in [0.25, 0.3) is 0 Å². The lowest BCUT2D eigenvalue weighted by Gasteiger charge is -2.11. The monoisotopic (exact) mass is 401 g/mol. The van der Waals surface area contributed by atoms with Gasteiger partial charge in [0.05, 0.1) is 5.69 Å². The molecular weight excluding hydrogens is 387 g/mol. The second-order valence-electron chi connectivity index (χ2n) is 5.57. The van der Waals surface area contributed by atoms with Gasteiger partial charge in [-0.15, -0.1) is 13.2 Å². The van der Waals surface area contributed by atoms with E-state index in [-0.39, 0.29) is 5.75 Å². The van der Waals surface area contributed by atoms with E-state index in [1.54, 1.807) is 47.4 Å². The maximum absolute atomic E-state index is 12.4. The average Bonchev–Trinajstić information content (AvgIpc) is 3.15. The molecule has 4 rings (SSSR count). The van der Waals surface area contributed by atoms with E-state index in [0.717, 1.165) is 5.56 Å². The van der Waals surface area contributed by atoms with Crippen LogP contribution in [0.25, 0.3) is 16.9 Å². The van der Waals surface area contributed by atoms with Gasteiger partial charge in [-0.05, 0) is 30.3 Å². The molecule has 0 amide bonds. The molecule has 148 valence electrons. The number of pyridine rings is 1. The number of nitrogens with one attached hydrogen (secondary N) is 1. The molecule has 10 heteroatoms. The molecular formula is C19H14F3N5O2. The number of carbonyl (C=O) groups excluding carboxylic acids is 1. The van der Waals surface area contributed by atoms with E-state index in [1.165, 1.54) is 18.2 Å². The minimum Gasteiger partial charge on any atom is -0.406 e. The van der Waals surface area contributed by atoms with Gasteiger partial charge in [-0.2, -0.15) is 9.61 Å². The largest absolute Gasteiger partial charge is 0.573 e. The highest BCUT2D eigenvalue weighted by Gasteiger charge is 2.31. The number of hydrogen-bond donors (Lipinski definition) is 1. The molecule has 0 saturated carbocycles. The zero-order chi connectivity index (χ0) is 20.9. The fraction of sp³-hybridized carbons (Fsp3) is 0.0526. The first-order chi connectivity index (χ1) is 14.0. The topological polar surface area (TPSA) is 81.4 Å². The van der Waals surface area contributed by atoms with E-state index in [0.29, 0.717) is 22.8 Å². The quantitative estimate of drug-likeness (QED) is 0.551. The molecule has 0 aliphatic carbocycles. The molecule has 0 aliphatic rings. The van der Waals surface area contributed by atoms with E-state index in [4.69, 9.17) is 4.79 Å². The third kappa shape index (κ3) is 4.86. The Labute approximate surface area is 162 Å². The summed E-state index contributed by atoms with van der Waals surface area (Å²) in [4.78, 5) is 16.3. The Hall–Kier alpha value is -3.95. The number of carbonyl (C=O) groups is 1. The Morgan fingerprint density at radius 1 is 1.03 bits per heavy atom. The maximum atomic E-state index is 12.4. The molecule has 0 unspecified atom stereocenters. The molecule has 1 aromatic carbocycles. The Morgan fingerprint density at radius 3 is 2.59 bits per heavy atom. The SMILES string of the molecule is C=O.FC(F)(F)Oc1cccc(Nc2ccnc3cc(-c4cccnc4)nn23)c1. The predicted octanol–water partition coefficient (Wildman–Crippen LogP) is 4.25. The lowest BCUT2D eigenvalue weighted by atomic mass is 10.2. The molecule has 3 heterocycles. The van der Waals surface area contributed by atoms with Crippen molar-refractivity contribution in [3.8, 4) is 17.0 Å². The first-order valence-corrected chi connectivity index (χ1v) is 8.15. The highest BCUT2D eigenvalue weighted by Crippen LogP contribution is 2.27. The van der Waals surface area contributed by atoms with Gasteiger partial charge in [0.2, 0.25) is 0 Å². The Balaban J connectivity index is 0.00000117.